The molecule has 0 spiro atoms. The number of nitrogens with zero attached hydrogens (tertiary/aromatic N) is 3. The molecule has 0 saturated heterocycles. The van der Waals surface area contributed by atoms with Gasteiger partial charge in [-0.3, -0.25) is 0 Å². The molecule has 0 unspecified atom stereocenters. The van der Waals surface area contributed by atoms with E-state index in [2.05, 4.69) is 10.1 Å². The van der Waals surface area contributed by atoms with Crippen molar-refractivity contribution < 1.29 is 13.7 Å². The van der Waals surface area contributed by atoms with Crippen molar-refractivity contribution in [1.82, 2.24) is 14.7 Å². The third kappa shape index (κ3) is 2.86. The molecule has 0 aliphatic rings. The minimum absolute atomic E-state index is 0.374. The summed E-state index contributed by atoms with van der Waals surface area (Å²) in [5.41, 5.74) is 3.81. The van der Waals surface area contributed by atoms with Crippen molar-refractivity contribution in [3.05, 3.63) is 72.6 Å². The second-order valence-electron chi connectivity index (χ2n) is 5.84. The fraction of sp³-hybridized carbons (Fsp3) is 0.100. The van der Waals surface area contributed by atoms with Crippen LogP contribution in [0.5, 0.6) is 5.75 Å². The molecule has 6 heteroatoms. The molecule has 0 aliphatic carbocycles. The van der Waals surface area contributed by atoms with Crippen LogP contribution in [0.3, 0.4) is 0 Å². The molecule has 0 amide bonds. The van der Waals surface area contributed by atoms with Crippen LogP contribution in [0.25, 0.3) is 28.2 Å². The molecule has 0 fully saturated rings. The number of ether oxygens (including phenoxy) is 1. The molecule has 0 N–H and O–H groups in total. The molecule has 130 valence electrons. The van der Waals surface area contributed by atoms with Crippen molar-refractivity contribution in [2.45, 2.75) is 6.92 Å². The van der Waals surface area contributed by atoms with E-state index in [1.54, 1.807) is 17.0 Å². The summed E-state index contributed by atoms with van der Waals surface area (Å²) in [6, 6.07) is 14.3. The summed E-state index contributed by atoms with van der Waals surface area (Å²) in [6.45, 7) is 1.85. The first kappa shape index (κ1) is 16.1. The van der Waals surface area contributed by atoms with Gasteiger partial charge in [0.25, 0.3) is 0 Å². The first-order valence-corrected chi connectivity index (χ1v) is 8.06. The fourth-order valence-electron chi connectivity index (χ4n) is 2.87. The Labute approximate surface area is 149 Å². The van der Waals surface area contributed by atoms with Crippen LogP contribution in [0.2, 0.25) is 0 Å². The summed E-state index contributed by atoms with van der Waals surface area (Å²) in [4.78, 5) is 4.47. The van der Waals surface area contributed by atoms with E-state index in [0.29, 0.717) is 22.9 Å². The highest BCUT2D eigenvalue weighted by atomic mass is 19.1. The number of imidazole rings is 1. The molecule has 0 aliphatic heterocycles. The number of aryl methyl sites for hydroxylation is 1. The maximum absolute atomic E-state index is 13.8. The van der Waals surface area contributed by atoms with Crippen molar-refractivity contribution >= 4 is 0 Å². The van der Waals surface area contributed by atoms with Gasteiger partial charge in [-0.2, -0.15) is 0 Å². The normalized spacial score (nSPS) is 10.9. The Morgan fingerprint density at radius 1 is 1.12 bits per heavy atom. The number of aromatic nitrogens is 3. The van der Waals surface area contributed by atoms with Gasteiger partial charge in [-0.1, -0.05) is 35.5 Å². The summed E-state index contributed by atoms with van der Waals surface area (Å²) in [5, 5.41) is 4.18. The van der Waals surface area contributed by atoms with E-state index in [9.17, 15) is 4.39 Å². The van der Waals surface area contributed by atoms with Crippen LogP contribution in [0.15, 0.2) is 65.6 Å². The third-order valence-corrected chi connectivity index (χ3v) is 4.14. The van der Waals surface area contributed by atoms with E-state index in [1.807, 2.05) is 43.5 Å². The monoisotopic (exact) mass is 349 g/mol. The largest absolute Gasteiger partial charge is 0.497 e. The summed E-state index contributed by atoms with van der Waals surface area (Å²) in [5.74, 6) is 0.744. The molecule has 4 rings (SSSR count). The van der Waals surface area contributed by atoms with Gasteiger partial charge in [-0.25, -0.2) is 9.37 Å². The summed E-state index contributed by atoms with van der Waals surface area (Å²) in [6.07, 6.45) is 3.45. The van der Waals surface area contributed by atoms with Gasteiger partial charge in [-0.05, 0) is 13.0 Å². The van der Waals surface area contributed by atoms with E-state index in [0.717, 1.165) is 16.8 Å². The average molecular weight is 349 g/mol. The first-order valence-electron chi connectivity index (χ1n) is 8.06. The summed E-state index contributed by atoms with van der Waals surface area (Å²) < 4.78 is 26.1. The van der Waals surface area contributed by atoms with E-state index < -0.39 is 0 Å². The van der Waals surface area contributed by atoms with Crippen molar-refractivity contribution in [3.8, 4) is 34.0 Å². The molecule has 2 aromatic carbocycles. The SMILES string of the molecule is COc1cc(F)cc(-n2cnc(-c3c(-c4ccccc4)noc3C)c2)c1. The molecule has 26 heavy (non-hydrogen) atoms. The molecular formula is C20H16FN3O2. The Morgan fingerprint density at radius 2 is 1.92 bits per heavy atom. The molecule has 0 bridgehead atoms. The van der Waals surface area contributed by atoms with Gasteiger partial charge in [0, 0.05) is 23.9 Å². The molecule has 2 heterocycles. The van der Waals surface area contributed by atoms with Crippen LogP contribution < -0.4 is 4.74 Å². The quantitative estimate of drug-likeness (QED) is 0.538. The van der Waals surface area contributed by atoms with Crippen LogP contribution in [0.1, 0.15) is 5.76 Å². The smallest absolute Gasteiger partial charge is 0.143 e. The number of rotatable bonds is 4. The first-order chi connectivity index (χ1) is 12.7. The lowest BCUT2D eigenvalue weighted by molar-refractivity contribution is 0.400. The van der Waals surface area contributed by atoms with Crippen molar-refractivity contribution in [2.24, 2.45) is 0 Å². The van der Waals surface area contributed by atoms with E-state index >= 15 is 0 Å². The Hall–Kier alpha value is -3.41. The molecule has 0 radical (unpaired) electrons. The molecule has 4 aromatic rings. The molecule has 2 aromatic heterocycles. The Bertz CT molecular complexity index is 1050. The van der Waals surface area contributed by atoms with Gasteiger partial charge in [0.05, 0.1) is 30.4 Å². The van der Waals surface area contributed by atoms with Crippen LogP contribution in [-0.4, -0.2) is 21.8 Å². The molecular weight excluding hydrogens is 333 g/mol. The number of hydrogen-bond acceptors (Lipinski definition) is 4. The third-order valence-electron chi connectivity index (χ3n) is 4.14. The second kappa shape index (κ2) is 6.48. The highest BCUT2D eigenvalue weighted by Gasteiger charge is 2.19. The Morgan fingerprint density at radius 3 is 2.69 bits per heavy atom. The lowest BCUT2D eigenvalue weighted by atomic mass is 10.0. The van der Waals surface area contributed by atoms with Gasteiger partial charge in [0.2, 0.25) is 0 Å². The Kier molecular flexibility index (Phi) is 4.01. The minimum atomic E-state index is -0.374. The highest BCUT2D eigenvalue weighted by molar-refractivity contribution is 5.79. The molecule has 0 saturated carbocycles. The molecule has 0 atom stereocenters. The van der Waals surface area contributed by atoms with Crippen LogP contribution in [0.4, 0.5) is 4.39 Å². The highest BCUT2D eigenvalue weighted by Crippen LogP contribution is 2.33. The van der Waals surface area contributed by atoms with Crippen LogP contribution in [-0.2, 0) is 0 Å². The number of halogens is 1. The predicted octanol–water partition coefficient (Wildman–Crippen LogP) is 4.65. The predicted molar refractivity (Wildman–Crippen MR) is 95.7 cm³/mol. The zero-order chi connectivity index (χ0) is 18.1. The van der Waals surface area contributed by atoms with E-state index in [4.69, 9.17) is 9.26 Å². The Balaban J connectivity index is 1.78. The van der Waals surface area contributed by atoms with Crippen molar-refractivity contribution in [2.75, 3.05) is 7.11 Å². The van der Waals surface area contributed by atoms with Gasteiger partial charge in [-0.15, -0.1) is 0 Å². The van der Waals surface area contributed by atoms with Crippen LogP contribution in [0, 0.1) is 12.7 Å². The van der Waals surface area contributed by atoms with E-state index in [1.165, 1.54) is 19.2 Å². The van der Waals surface area contributed by atoms with Crippen LogP contribution >= 0.6 is 0 Å². The minimum Gasteiger partial charge on any atom is -0.497 e. The standard InChI is InChI=1S/C20H16FN3O2/c1-13-19(20(23-26-13)14-6-4-3-5-7-14)18-11-24(12-22-18)16-8-15(21)9-17(10-16)25-2/h3-12H,1-2H3. The van der Waals surface area contributed by atoms with Gasteiger partial charge in [0.1, 0.15) is 23.0 Å². The maximum atomic E-state index is 13.8. The van der Waals surface area contributed by atoms with Crippen molar-refractivity contribution in [1.29, 1.82) is 0 Å². The summed E-state index contributed by atoms with van der Waals surface area (Å²) >= 11 is 0. The lowest BCUT2D eigenvalue weighted by Crippen LogP contribution is -1.93. The van der Waals surface area contributed by atoms with Gasteiger partial charge < -0.3 is 13.8 Å². The number of hydrogen-bond donors (Lipinski definition) is 0. The zero-order valence-corrected chi connectivity index (χ0v) is 14.3. The maximum Gasteiger partial charge on any atom is 0.143 e. The van der Waals surface area contributed by atoms with Gasteiger partial charge >= 0.3 is 0 Å². The topological polar surface area (TPSA) is 53.1 Å². The second-order valence-corrected chi connectivity index (χ2v) is 5.84. The average Bonchev–Trinajstić information content (AvgIpc) is 3.28. The zero-order valence-electron chi connectivity index (χ0n) is 14.3. The fourth-order valence-corrected chi connectivity index (χ4v) is 2.87. The molecule has 5 nitrogen and oxygen atoms in total. The number of methoxy groups -OCH3 is 1. The van der Waals surface area contributed by atoms with E-state index in [-0.39, 0.29) is 5.82 Å². The number of benzene rings is 2. The van der Waals surface area contributed by atoms with Crippen molar-refractivity contribution in [3.63, 3.8) is 0 Å². The van der Waals surface area contributed by atoms with Gasteiger partial charge in [0.15, 0.2) is 0 Å². The summed E-state index contributed by atoms with van der Waals surface area (Å²) in [7, 11) is 1.50. The lowest BCUT2D eigenvalue weighted by Gasteiger charge is -2.05.